The lowest BCUT2D eigenvalue weighted by Crippen LogP contribution is -2.51. The van der Waals surface area contributed by atoms with Crippen molar-refractivity contribution in [1.82, 2.24) is 10.2 Å². The van der Waals surface area contributed by atoms with Gasteiger partial charge < -0.3 is 19.7 Å². The summed E-state index contributed by atoms with van der Waals surface area (Å²) in [7, 11) is 0. The molecule has 2 atom stereocenters. The maximum absolute atomic E-state index is 12.4. The zero-order valence-electron chi connectivity index (χ0n) is 16.1. The maximum Gasteiger partial charge on any atom is 0.254 e. The molecule has 6 heteroatoms. The van der Waals surface area contributed by atoms with E-state index in [-0.39, 0.29) is 30.4 Å². The Hall–Kier alpha value is -2.18. The average molecular weight is 372 g/mol. The van der Waals surface area contributed by atoms with E-state index in [1.807, 2.05) is 44.2 Å². The molecular formula is C21H28N2O4. The van der Waals surface area contributed by atoms with Crippen molar-refractivity contribution < 1.29 is 19.1 Å². The minimum Gasteiger partial charge on any atom is -0.379 e. The van der Waals surface area contributed by atoms with Gasteiger partial charge in [0.25, 0.3) is 5.91 Å². The summed E-state index contributed by atoms with van der Waals surface area (Å²) >= 11 is 0. The number of carbonyl (C=O) groups is 2. The molecular weight excluding hydrogens is 344 g/mol. The topological polar surface area (TPSA) is 67.9 Å². The van der Waals surface area contributed by atoms with Crippen molar-refractivity contribution in [2.45, 2.75) is 45.4 Å². The van der Waals surface area contributed by atoms with Gasteiger partial charge in [-0.25, -0.2) is 0 Å². The van der Waals surface area contributed by atoms with Crippen LogP contribution in [0.3, 0.4) is 0 Å². The number of benzene rings is 1. The second kappa shape index (κ2) is 9.15. The van der Waals surface area contributed by atoms with Crippen LogP contribution in [0.25, 0.3) is 0 Å². The van der Waals surface area contributed by atoms with E-state index < -0.39 is 0 Å². The first-order valence-electron chi connectivity index (χ1n) is 9.54. The Balaban J connectivity index is 1.47. The number of amides is 2. The molecule has 0 spiro atoms. The molecule has 0 aromatic heterocycles. The first-order chi connectivity index (χ1) is 13.0. The number of hydrogen-bond acceptors (Lipinski definition) is 4. The third-order valence-corrected chi connectivity index (χ3v) is 4.95. The lowest BCUT2D eigenvalue weighted by Gasteiger charge is -2.32. The Labute approximate surface area is 160 Å². The fourth-order valence-corrected chi connectivity index (χ4v) is 3.40. The van der Waals surface area contributed by atoms with Crippen molar-refractivity contribution in [3.63, 3.8) is 0 Å². The maximum atomic E-state index is 12.4. The van der Waals surface area contributed by atoms with Crippen molar-refractivity contribution >= 4 is 11.8 Å². The van der Waals surface area contributed by atoms with Gasteiger partial charge in [-0.15, -0.1) is 0 Å². The number of ether oxygens (including phenoxy) is 2. The normalized spacial score (nSPS) is 21.7. The van der Waals surface area contributed by atoms with Crippen LogP contribution in [0.1, 0.15) is 42.6 Å². The van der Waals surface area contributed by atoms with Gasteiger partial charge in [-0.2, -0.15) is 0 Å². The monoisotopic (exact) mass is 372 g/mol. The minimum absolute atomic E-state index is 0.00216. The van der Waals surface area contributed by atoms with Crippen LogP contribution in [-0.4, -0.2) is 55.2 Å². The van der Waals surface area contributed by atoms with Crippen LogP contribution in [0.5, 0.6) is 0 Å². The molecule has 2 aliphatic rings. The number of nitrogens with one attached hydrogen (secondary N) is 1. The molecule has 0 unspecified atom stereocenters. The zero-order chi connectivity index (χ0) is 19.2. The summed E-state index contributed by atoms with van der Waals surface area (Å²) < 4.78 is 11.4. The molecule has 2 amide bonds. The highest BCUT2D eigenvalue weighted by atomic mass is 16.5. The molecule has 27 heavy (non-hydrogen) atoms. The number of allylic oxidation sites excluding steroid dienone is 1. The van der Waals surface area contributed by atoms with Gasteiger partial charge in [-0.3, -0.25) is 9.59 Å². The van der Waals surface area contributed by atoms with Gasteiger partial charge in [0.1, 0.15) is 0 Å². The minimum atomic E-state index is -0.150. The second-order valence-corrected chi connectivity index (χ2v) is 7.32. The van der Waals surface area contributed by atoms with Crippen LogP contribution >= 0.6 is 0 Å². The summed E-state index contributed by atoms with van der Waals surface area (Å²) in [5.74, 6) is -0.0765. The first-order valence-corrected chi connectivity index (χ1v) is 9.54. The van der Waals surface area contributed by atoms with Crippen molar-refractivity contribution in [3.8, 4) is 0 Å². The van der Waals surface area contributed by atoms with Crippen molar-refractivity contribution in [2.75, 3.05) is 26.4 Å². The van der Waals surface area contributed by atoms with Gasteiger partial charge >= 0.3 is 0 Å². The molecule has 0 aliphatic carbocycles. The van der Waals surface area contributed by atoms with Crippen molar-refractivity contribution in [2.24, 2.45) is 0 Å². The van der Waals surface area contributed by atoms with E-state index in [1.54, 1.807) is 4.90 Å². The van der Waals surface area contributed by atoms with E-state index in [0.717, 1.165) is 17.5 Å². The van der Waals surface area contributed by atoms with Crippen LogP contribution in [0.2, 0.25) is 0 Å². The molecule has 1 aromatic carbocycles. The molecule has 3 rings (SSSR count). The van der Waals surface area contributed by atoms with E-state index >= 15 is 0 Å². The Morgan fingerprint density at radius 1 is 1.37 bits per heavy atom. The smallest absolute Gasteiger partial charge is 0.254 e. The second-order valence-electron chi connectivity index (χ2n) is 7.32. The third kappa shape index (κ3) is 5.17. The van der Waals surface area contributed by atoms with Crippen LogP contribution < -0.4 is 5.32 Å². The summed E-state index contributed by atoms with van der Waals surface area (Å²) in [6.45, 7) is 6.69. The highest BCUT2D eigenvalue weighted by Gasteiger charge is 2.29. The number of fused-ring (bicyclic) bond motifs is 1. The van der Waals surface area contributed by atoms with Crippen LogP contribution in [-0.2, 0) is 20.8 Å². The SMILES string of the molecule is CC(C)=CCO[C@@H]1CCOC[C@@H]1NC(=O)CCN1Cc2ccccc2C1=O. The van der Waals surface area contributed by atoms with Gasteiger partial charge in [-0.05, 0) is 31.9 Å². The molecule has 0 saturated carbocycles. The lowest BCUT2D eigenvalue weighted by molar-refractivity contribution is -0.126. The van der Waals surface area contributed by atoms with E-state index in [9.17, 15) is 9.59 Å². The molecule has 6 nitrogen and oxygen atoms in total. The number of carbonyl (C=O) groups excluding carboxylic acids is 2. The Bertz CT molecular complexity index is 712. The predicted molar refractivity (Wildman–Crippen MR) is 102 cm³/mol. The Kier molecular flexibility index (Phi) is 6.63. The first kappa shape index (κ1) is 19.6. The molecule has 1 aromatic rings. The quantitative estimate of drug-likeness (QED) is 0.746. The average Bonchev–Trinajstić information content (AvgIpc) is 2.97. The summed E-state index contributed by atoms with van der Waals surface area (Å²) in [5, 5.41) is 3.02. The predicted octanol–water partition coefficient (Wildman–Crippen LogP) is 2.29. The molecule has 146 valence electrons. The summed E-state index contributed by atoms with van der Waals surface area (Å²) in [4.78, 5) is 26.5. The molecule has 1 saturated heterocycles. The summed E-state index contributed by atoms with van der Waals surface area (Å²) in [5.41, 5.74) is 2.97. The van der Waals surface area contributed by atoms with Gasteiger partial charge in [0.15, 0.2) is 0 Å². The van der Waals surface area contributed by atoms with Gasteiger partial charge in [-0.1, -0.05) is 29.8 Å². The molecule has 0 bridgehead atoms. The Morgan fingerprint density at radius 2 is 2.19 bits per heavy atom. The fraction of sp³-hybridized carbons (Fsp3) is 0.524. The summed E-state index contributed by atoms with van der Waals surface area (Å²) in [6, 6.07) is 7.45. The summed E-state index contributed by atoms with van der Waals surface area (Å²) in [6.07, 6.45) is 3.03. The third-order valence-electron chi connectivity index (χ3n) is 4.95. The van der Waals surface area contributed by atoms with Crippen molar-refractivity contribution in [3.05, 3.63) is 47.0 Å². The molecule has 2 aliphatic heterocycles. The standard InChI is InChI=1S/C21H28N2O4/c1-15(2)8-12-27-19-9-11-26-14-18(19)22-20(24)7-10-23-13-16-5-3-4-6-17(16)21(23)25/h3-6,8,18-19H,7,9-14H2,1-2H3,(H,22,24)/t18-,19+/m0/s1. The van der Waals surface area contributed by atoms with Crippen LogP contribution in [0.4, 0.5) is 0 Å². The fourth-order valence-electron chi connectivity index (χ4n) is 3.40. The van der Waals surface area contributed by atoms with E-state index in [4.69, 9.17) is 9.47 Å². The largest absolute Gasteiger partial charge is 0.379 e. The highest BCUT2D eigenvalue weighted by molar-refractivity contribution is 5.98. The van der Waals surface area contributed by atoms with E-state index in [2.05, 4.69) is 5.32 Å². The highest BCUT2D eigenvalue weighted by Crippen LogP contribution is 2.22. The number of nitrogens with zero attached hydrogens (tertiary/aromatic N) is 1. The zero-order valence-corrected chi connectivity index (χ0v) is 16.1. The lowest BCUT2D eigenvalue weighted by atomic mass is 10.1. The Morgan fingerprint density at radius 3 is 2.96 bits per heavy atom. The van der Waals surface area contributed by atoms with Crippen LogP contribution in [0.15, 0.2) is 35.9 Å². The number of rotatable bonds is 7. The molecule has 1 N–H and O–H groups in total. The van der Waals surface area contributed by atoms with E-state index in [1.165, 1.54) is 5.57 Å². The van der Waals surface area contributed by atoms with Gasteiger partial charge in [0, 0.05) is 31.7 Å². The van der Waals surface area contributed by atoms with Gasteiger partial charge in [0.05, 0.1) is 25.4 Å². The van der Waals surface area contributed by atoms with Crippen molar-refractivity contribution in [1.29, 1.82) is 0 Å². The van der Waals surface area contributed by atoms with Crippen LogP contribution in [0, 0.1) is 0 Å². The van der Waals surface area contributed by atoms with Gasteiger partial charge in [0.2, 0.25) is 5.91 Å². The molecule has 0 radical (unpaired) electrons. The molecule has 1 fully saturated rings. The van der Waals surface area contributed by atoms with E-state index in [0.29, 0.717) is 32.9 Å². The number of hydrogen-bond donors (Lipinski definition) is 1. The molecule has 2 heterocycles.